The summed E-state index contributed by atoms with van der Waals surface area (Å²) >= 11 is 0. The van der Waals surface area contributed by atoms with Gasteiger partial charge in [0.15, 0.2) is 15.6 Å². The van der Waals surface area contributed by atoms with E-state index in [2.05, 4.69) is 0 Å². The number of carbonyl (C=O) groups excluding carboxylic acids is 1. The number of hydrogen-bond acceptors (Lipinski definition) is 3. The van der Waals surface area contributed by atoms with Gasteiger partial charge in [0.1, 0.15) is 5.75 Å². The minimum Gasteiger partial charge on any atom is -0.293 e. The van der Waals surface area contributed by atoms with Crippen molar-refractivity contribution in [3.8, 4) is 0 Å². The van der Waals surface area contributed by atoms with Crippen LogP contribution in [0.1, 0.15) is 36.2 Å². The zero-order chi connectivity index (χ0) is 13.8. The molecule has 0 fully saturated rings. The maximum atomic E-state index is 11.8. The van der Waals surface area contributed by atoms with Crippen molar-refractivity contribution in [1.29, 1.82) is 0 Å². The summed E-state index contributed by atoms with van der Waals surface area (Å²) in [6.07, 6.45) is 0.601. The van der Waals surface area contributed by atoms with Gasteiger partial charge < -0.3 is 0 Å². The molecule has 0 saturated carbocycles. The molecule has 18 heavy (non-hydrogen) atoms. The second kappa shape index (κ2) is 6.14. The number of rotatable bonds is 6. The van der Waals surface area contributed by atoms with Crippen LogP contribution in [-0.2, 0) is 9.84 Å². The summed E-state index contributed by atoms with van der Waals surface area (Å²) in [5, 5.41) is 0. The van der Waals surface area contributed by atoms with E-state index in [0.29, 0.717) is 17.9 Å². The van der Waals surface area contributed by atoms with E-state index < -0.39 is 9.84 Å². The van der Waals surface area contributed by atoms with Crippen molar-refractivity contribution in [2.24, 2.45) is 5.92 Å². The van der Waals surface area contributed by atoms with Gasteiger partial charge in [0.2, 0.25) is 0 Å². The summed E-state index contributed by atoms with van der Waals surface area (Å²) in [6.45, 7) is 5.86. The van der Waals surface area contributed by atoms with Gasteiger partial charge in [-0.2, -0.15) is 0 Å². The molecule has 0 radical (unpaired) electrons. The molecule has 3 nitrogen and oxygen atoms in total. The molecule has 0 atom stereocenters. The van der Waals surface area contributed by atoms with Crippen LogP contribution >= 0.6 is 0 Å². The quantitative estimate of drug-likeness (QED) is 0.745. The maximum Gasteiger partial charge on any atom is 0.177 e. The smallest absolute Gasteiger partial charge is 0.177 e. The van der Waals surface area contributed by atoms with Crippen molar-refractivity contribution < 1.29 is 13.2 Å². The molecule has 0 bridgehead atoms. The first kappa shape index (κ1) is 14.9. The van der Waals surface area contributed by atoms with Crippen LogP contribution in [-0.4, -0.2) is 25.7 Å². The predicted octanol–water partition coefficient (Wildman–Crippen LogP) is 2.64. The van der Waals surface area contributed by atoms with Gasteiger partial charge in [-0.05, 0) is 19.3 Å². The fourth-order valence-electron chi connectivity index (χ4n) is 1.51. The molecule has 1 rings (SSSR count). The number of hydrogen-bond donors (Lipinski definition) is 0. The van der Waals surface area contributed by atoms with Gasteiger partial charge in [0, 0.05) is 5.56 Å². The summed E-state index contributed by atoms with van der Waals surface area (Å²) < 4.78 is 23.5. The lowest BCUT2D eigenvalue weighted by Gasteiger charge is -2.06. The summed E-state index contributed by atoms with van der Waals surface area (Å²) in [5.41, 5.74) is 1.52. The summed E-state index contributed by atoms with van der Waals surface area (Å²) in [6, 6.07) is 6.98. The van der Waals surface area contributed by atoms with Crippen molar-refractivity contribution in [1.82, 2.24) is 0 Å². The minimum absolute atomic E-state index is 0.0856. The zero-order valence-corrected chi connectivity index (χ0v) is 12.0. The third-order valence-corrected chi connectivity index (χ3v) is 4.29. The maximum absolute atomic E-state index is 11.8. The molecule has 1 aromatic carbocycles. The number of benzene rings is 1. The predicted molar refractivity (Wildman–Crippen MR) is 73.6 cm³/mol. The highest BCUT2D eigenvalue weighted by Crippen LogP contribution is 2.08. The van der Waals surface area contributed by atoms with Crippen LogP contribution in [0.2, 0.25) is 0 Å². The van der Waals surface area contributed by atoms with Gasteiger partial charge >= 0.3 is 0 Å². The molecule has 0 aromatic heterocycles. The Balaban J connectivity index is 2.67. The summed E-state index contributed by atoms with van der Waals surface area (Å²) in [5.74, 6) is -0.293. The number of aryl methyl sites for hydroxylation is 1. The van der Waals surface area contributed by atoms with Crippen LogP contribution in [0.25, 0.3) is 0 Å². The van der Waals surface area contributed by atoms with Gasteiger partial charge in [-0.15, -0.1) is 0 Å². The van der Waals surface area contributed by atoms with E-state index in [0.717, 1.165) is 5.56 Å². The van der Waals surface area contributed by atoms with E-state index in [4.69, 9.17) is 0 Å². The standard InChI is InChI=1S/C14H20O3S/c1-11(2)8-9-18(16,17)10-14(15)13-6-4-12(3)5-7-13/h4-7,11H,8-10H2,1-3H3. The Kier molecular flexibility index (Phi) is 5.08. The lowest BCUT2D eigenvalue weighted by molar-refractivity contribution is 0.102. The Morgan fingerprint density at radius 1 is 1.17 bits per heavy atom. The third kappa shape index (κ3) is 5.00. The van der Waals surface area contributed by atoms with Crippen molar-refractivity contribution in [3.05, 3.63) is 35.4 Å². The minimum atomic E-state index is -3.28. The molecule has 4 heteroatoms. The monoisotopic (exact) mass is 268 g/mol. The molecule has 0 aliphatic rings. The molecule has 1 aromatic rings. The lowest BCUT2D eigenvalue weighted by Crippen LogP contribution is -2.20. The first-order valence-corrected chi connectivity index (χ1v) is 7.92. The summed E-state index contributed by atoms with van der Waals surface area (Å²) in [7, 11) is -3.28. The van der Waals surface area contributed by atoms with Crippen LogP contribution < -0.4 is 0 Å². The van der Waals surface area contributed by atoms with Crippen LogP contribution in [0.15, 0.2) is 24.3 Å². The number of ketones is 1. The third-order valence-electron chi connectivity index (χ3n) is 2.73. The topological polar surface area (TPSA) is 51.2 Å². The molecule has 0 spiro atoms. The van der Waals surface area contributed by atoms with Crippen molar-refractivity contribution in [2.75, 3.05) is 11.5 Å². The fraction of sp³-hybridized carbons (Fsp3) is 0.500. The molecular formula is C14H20O3S. The van der Waals surface area contributed by atoms with Crippen LogP contribution in [0.5, 0.6) is 0 Å². The average Bonchev–Trinajstić information content (AvgIpc) is 2.27. The second-order valence-electron chi connectivity index (χ2n) is 5.06. The number of carbonyl (C=O) groups is 1. The molecule has 0 aliphatic heterocycles. The van der Waals surface area contributed by atoms with Crippen LogP contribution in [0, 0.1) is 12.8 Å². The number of Topliss-reactive ketones (excluding diaryl/α,β-unsaturated/α-hetero) is 1. The van der Waals surface area contributed by atoms with Gasteiger partial charge in [0.05, 0.1) is 5.75 Å². The largest absolute Gasteiger partial charge is 0.293 e. The van der Waals surface area contributed by atoms with Gasteiger partial charge in [-0.25, -0.2) is 8.42 Å². The van der Waals surface area contributed by atoms with Gasteiger partial charge in [-0.1, -0.05) is 43.7 Å². The highest BCUT2D eigenvalue weighted by atomic mass is 32.2. The van der Waals surface area contributed by atoms with E-state index in [9.17, 15) is 13.2 Å². The SMILES string of the molecule is Cc1ccc(C(=O)CS(=O)(=O)CCC(C)C)cc1. The highest BCUT2D eigenvalue weighted by Gasteiger charge is 2.18. The van der Waals surface area contributed by atoms with E-state index in [1.807, 2.05) is 32.9 Å². The van der Waals surface area contributed by atoms with Crippen molar-refractivity contribution in [3.63, 3.8) is 0 Å². The van der Waals surface area contributed by atoms with Gasteiger partial charge in [0.25, 0.3) is 0 Å². The first-order chi connectivity index (χ1) is 8.30. The highest BCUT2D eigenvalue weighted by molar-refractivity contribution is 7.92. The fourth-order valence-corrected chi connectivity index (χ4v) is 3.05. The normalized spacial score (nSPS) is 11.8. The van der Waals surface area contributed by atoms with E-state index >= 15 is 0 Å². The Morgan fingerprint density at radius 3 is 2.22 bits per heavy atom. The Bertz CT molecular complexity index is 498. The van der Waals surface area contributed by atoms with E-state index in [1.54, 1.807) is 12.1 Å². The zero-order valence-electron chi connectivity index (χ0n) is 11.1. The Morgan fingerprint density at radius 2 is 1.72 bits per heavy atom. The molecular weight excluding hydrogens is 248 g/mol. The number of sulfone groups is 1. The molecule has 0 amide bonds. The van der Waals surface area contributed by atoms with Crippen molar-refractivity contribution >= 4 is 15.6 Å². The Labute approximate surface area is 109 Å². The summed E-state index contributed by atoms with van der Waals surface area (Å²) in [4.78, 5) is 11.8. The average molecular weight is 268 g/mol. The van der Waals surface area contributed by atoms with Crippen molar-refractivity contribution in [2.45, 2.75) is 27.2 Å². The lowest BCUT2D eigenvalue weighted by atomic mass is 10.1. The van der Waals surface area contributed by atoms with E-state index in [1.165, 1.54) is 0 Å². The molecule has 0 N–H and O–H groups in total. The van der Waals surface area contributed by atoms with Gasteiger partial charge in [-0.3, -0.25) is 4.79 Å². The van der Waals surface area contributed by atoms with E-state index in [-0.39, 0.29) is 17.3 Å². The Hall–Kier alpha value is -1.16. The molecule has 0 unspecified atom stereocenters. The van der Waals surface area contributed by atoms with Crippen LogP contribution in [0.4, 0.5) is 0 Å². The molecule has 100 valence electrons. The second-order valence-corrected chi connectivity index (χ2v) is 7.25. The first-order valence-electron chi connectivity index (χ1n) is 6.10. The molecule has 0 heterocycles. The molecule has 0 saturated heterocycles. The molecule has 0 aliphatic carbocycles. The van der Waals surface area contributed by atoms with Crippen LogP contribution in [0.3, 0.4) is 0 Å².